The van der Waals surface area contributed by atoms with Gasteiger partial charge in [-0.05, 0) is 49.1 Å². The fourth-order valence-corrected chi connectivity index (χ4v) is 3.34. The number of nitrogens with one attached hydrogen (secondary N) is 1. The molecular weight excluding hydrogens is 364 g/mol. The van der Waals surface area contributed by atoms with Crippen LogP contribution in [0.1, 0.15) is 49.5 Å². The predicted molar refractivity (Wildman–Crippen MR) is 118 cm³/mol. The third kappa shape index (κ3) is 6.71. The molecule has 2 N–H and O–H groups in total. The largest absolute Gasteiger partial charge is 0.508 e. The lowest BCUT2D eigenvalue weighted by molar-refractivity contribution is -0.110. The van der Waals surface area contributed by atoms with E-state index in [-0.39, 0.29) is 23.7 Å². The normalized spacial score (nSPS) is 17.5. The zero-order chi connectivity index (χ0) is 21.2. The van der Waals surface area contributed by atoms with Crippen LogP contribution in [0.15, 0.2) is 47.5 Å². The number of aryl methyl sites for hydroxylation is 1. The van der Waals surface area contributed by atoms with Crippen molar-refractivity contribution < 1.29 is 14.6 Å². The fourth-order valence-electron chi connectivity index (χ4n) is 3.34. The molecule has 0 saturated carbocycles. The van der Waals surface area contributed by atoms with Gasteiger partial charge in [0.2, 0.25) is 0 Å². The first-order valence-electron chi connectivity index (χ1n) is 10.2. The summed E-state index contributed by atoms with van der Waals surface area (Å²) in [6, 6.07) is 14.3. The zero-order valence-electron chi connectivity index (χ0n) is 17.8. The Morgan fingerprint density at radius 1 is 1.31 bits per heavy atom. The van der Waals surface area contributed by atoms with Crippen molar-refractivity contribution in [1.82, 2.24) is 5.32 Å². The van der Waals surface area contributed by atoms with Crippen LogP contribution in [0.5, 0.6) is 11.5 Å². The second-order valence-corrected chi connectivity index (χ2v) is 7.30. The number of hydrogen-bond acceptors (Lipinski definition) is 5. The van der Waals surface area contributed by atoms with Crippen molar-refractivity contribution in [3.05, 3.63) is 59.2 Å². The van der Waals surface area contributed by atoms with Gasteiger partial charge in [0.25, 0.3) is 0 Å². The first-order chi connectivity index (χ1) is 14.0. The van der Waals surface area contributed by atoms with Gasteiger partial charge in [0, 0.05) is 20.0 Å². The molecular formula is C24H32N2O3. The summed E-state index contributed by atoms with van der Waals surface area (Å²) in [5.74, 6) is 0.999. The first-order valence-corrected chi connectivity index (χ1v) is 10.2. The first kappa shape index (κ1) is 22.6. The highest BCUT2D eigenvalue weighted by Crippen LogP contribution is 2.36. The standard InChI is InChI=1S/C20H25NO2.C4H7NO/c1-3-4-11-21-18-12-15-7-5-6-8-17(15)20(18)23-16-10-9-14(2)19(22)13-16;1-4(6)3-5-2/h5-10,13,18,20-22H,3-4,11-12H2,1-2H3;3H,1-2H3/t18?,20-;/m0./s1. The third-order valence-corrected chi connectivity index (χ3v) is 4.86. The van der Waals surface area contributed by atoms with E-state index in [0.29, 0.717) is 0 Å². The summed E-state index contributed by atoms with van der Waals surface area (Å²) in [5.41, 5.74) is 3.46. The predicted octanol–water partition coefficient (Wildman–Crippen LogP) is 4.41. The molecule has 0 amide bonds. The molecule has 3 rings (SSSR count). The molecule has 1 aliphatic carbocycles. The van der Waals surface area contributed by atoms with Crippen LogP contribution in [-0.2, 0) is 11.2 Å². The highest BCUT2D eigenvalue weighted by Gasteiger charge is 2.33. The highest BCUT2D eigenvalue weighted by molar-refractivity contribution is 6.26. The number of carbonyl (C=O) groups is 1. The Labute approximate surface area is 173 Å². The maximum absolute atomic E-state index is 9.91. The second-order valence-electron chi connectivity index (χ2n) is 7.30. The molecule has 0 aliphatic heterocycles. The quantitative estimate of drug-likeness (QED) is 0.537. The summed E-state index contributed by atoms with van der Waals surface area (Å²) < 4.78 is 6.26. The minimum absolute atomic E-state index is 0.00231. The molecule has 2 aromatic rings. The van der Waals surface area contributed by atoms with Crippen LogP contribution >= 0.6 is 0 Å². The fraction of sp³-hybridized carbons (Fsp3) is 0.417. The summed E-state index contributed by atoms with van der Waals surface area (Å²) in [5, 5.41) is 13.6. The Morgan fingerprint density at radius 2 is 2.07 bits per heavy atom. The van der Waals surface area contributed by atoms with Crippen LogP contribution in [0.25, 0.3) is 0 Å². The van der Waals surface area contributed by atoms with Crippen LogP contribution in [-0.4, -0.2) is 36.7 Å². The molecule has 0 radical (unpaired) electrons. The second kappa shape index (κ2) is 11.4. The van der Waals surface area contributed by atoms with Gasteiger partial charge in [-0.3, -0.25) is 9.79 Å². The van der Waals surface area contributed by atoms with E-state index in [2.05, 4.69) is 41.5 Å². The molecule has 0 heterocycles. The number of unbranched alkanes of at least 4 members (excludes halogenated alkanes) is 1. The molecule has 0 bridgehead atoms. The highest BCUT2D eigenvalue weighted by atomic mass is 16.5. The Morgan fingerprint density at radius 3 is 2.69 bits per heavy atom. The van der Waals surface area contributed by atoms with Crippen molar-refractivity contribution in [2.24, 2.45) is 4.99 Å². The third-order valence-electron chi connectivity index (χ3n) is 4.86. The molecule has 5 heteroatoms. The van der Waals surface area contributed by atoms with E-state index in [9.17, 15) is 9.90 Å². The SMILES string of the molecule is CCCCNC1Cc2ccccc2[C@@H]1Oc1ccc(C)c(O)c1.CN=CC(C)=O. The van der Waals surface area contributed by atoms with Crippen LogP contribution in [0.3, 0.4) is 0 Å². The number of ether oxygens (including phenoxy) is 1. The van der Waals surface area contributed by atoms with E-state index in [1.165, 1.54) is 37.1 Å². The average molecular weight is 397 g/mol. The lowest BCUT2D eigenvalue weighted by Crippen LogP contribution is -2.35. The van der Waals surface area contributed by atoms with Crippen molar-refractivity contribution >= 4 is 12.0 Å². The molecule has 0 saturated heterocycles. The number of phenolic OH excluding ortho intramolecular Hbond substituents is 1. The Balaban J connectivity index is 0.000000438. The molecule has 5 nitrogen and oxygen atoms in total. The van der Waals surface area contributed by atoms with Gasteiger partial charge >= 0.3 is 0 Å². The number of Topliss-reactive ketones (excluding diaryl/α,β-unsaturated/α-hetero) is 1. The van der Waals surface area contributed by atoms with Gasteiger partial charge in [-0.1, -0.05) is 43.7 Å². The van der Waals surface area contributed by atoms with Crippen molar-refractivity contribution in [1.29, 1.82) is 0 Å². The lowest BCUT2D eigenvalue weighted by atomic mass is 10.1. The van der Waals surface area contributed by atoms with E-state index < -0.39 is 0 Å². The summed E-state index contributed by atoms with van der Waals surface area (Å²) in [6.07, 6.45) is 4.61. The number of nitrogens with zero attached hydrogens (tertiary/aromatic N) is 1. The van der Waals surface area contributed by atoms with Crippen molar-refractivity contribution in [2.75, 3.05) is 13.6 Å². The van der Waals surface area contributed by atoms with Crippen molar-refractivity contribution in [2.45, 2.75) is 52.2 Å². The summed E-state index contributed by atoms with van der Waals surface area (Å²) >= 11 is 0. The number of aliphatic imine (C=N–C) groups is 1. The van der Waals surface area contributed by atoms with Crippen molar-refractivity contribution in [3.63, 3.8) is 0 Å². The van der Waals surface area contributed by atoms with Crippen LogP contribution < -0.4 is 10.1 Å². The van der Waals surface area contributed by atoms with E-state index in [4.69, 9.17) is 4.74 Å². The molecule has 0 aromatic heterocycles. The van der Waals surface area contributed by atoms with Crippen LogP contribution in [0.4, 0.5) is 0 Å². The Bertz CT molecular complexity index is 833. The topological polar surface area (TPSA) is 70.9 Å². The van der Waals surface area contributed by atoms with E-state index in [0.717, 1.165) is 24.3 Å². The van der Waals surface area contributed by atoms with E-state index in [1.807, 2.05) is 19.1 Å². The molecule has 1 aliphatic rings. The number of phenols is 1. The smallest absolute Gasteiger partial charge is 0.170 e. The summed E-state index contributed by atoms with van der Waals surface area (Å²) in [7, 11) is 1.57. The molecule has 2 atom stereocenters. The van der Waals surface area contributed by atoms with E-state index in [1.54, 1.807) is 13.1 Å². The van der Waals surface area contributed by atoms with E-state index >= 15 is 0 Å². The molecule has 2 aromatic carbocycles. The number of hydrogen-bond donors (Lipinski definition) is 2. The minimum Gasteiger partial charge on any atom is -0.508 e. The molecule has 0 fully saturated rings. The molecule has 29 heavy (non-hydrogen) atoms. The Kier molecular flexibility index (Phi) is 8.87. The van der Waals surface area contributed by atoms with Gasteiger partial charge in [0.15, 0.2) is 5.78 Å². The molecule has 1 unspecified atom stereocenters. The zero-order valence-corrected chi connectivity index (χ0v) is 17.8. The maximum atomic E-state index is 9.91. The summed E-state index contributed by atoms with van der Waals surface area (Å²) in [4.78, 5) is 13.4. The number of ketones is 1. The Hall–Kier alpha value is -2.66. The van der Waals surface area contributed by atoms with Gasteiger partial charge < -0.3 is 15.2 Å². The van der Waals surface area contributed by atoms with Crippen LogP contribution in [0, 0.1) is 6.92 Å². The monoisotopic (exact) mass is 396 g/mol. The average Bonchev–Trinajstić information content (AvgIpc) is 3.03. The number of aromatic hydroxyl groups is 1. The van der Waals surface area contributed by atoms with Gasteiger partial charge in [0.1, 0.15) is 17.6 Å². The van der Waals surface area contributed by atoms with Gasteiger partial charge in [0.05, 0.1) is 12.3 Å². The number of benzene rings is 2. The maximum Gasteiger partial charge on any atom is 0.170 e. The summed E-state index contributed by atoms with van der Waals surface area (Å²) in [6.45, 7) is 6.56. The van der Waals surface area contributed by atoms with Gasteiger partial charge in [-0.2, -0.15) is 0 Å². The van der Waals surface area contributed by atoms with Gasteiger partial charge in [-0.25, -0.2) is 0 Å². The van der Waals surface area contributed by atoms with Crippen molar-refractivity contribution in [3.8, 4) is 11.5 Å². The number of carbonyl (C=O) groups excluding carboxylic acids is 1. The van der Waals surface area contributed by atoms with Crippen LogP contribution in [0.2, 0.25) is 0 Å². The van der Waals surface area contributed by atoms with Gasteiger partial charge in [-0.15, -0.1) is 0 Å². The number of rotatable bonds is 7. The molecule has 0 spiro atoms. The minimum atomic E-state index is -0.00911. The number of fused-ring (bicyclic) bond motifs is 1. The molecule has 156 valence electrons. The lowest BCUT2D eigenvalue weighted by Gasteiger charge is -2.23.